The molecule has 9 heteroatoms. The van der Waals surface area contributed by atoms with Gasteiger partial charge < -0.3 is 15.7 Å². The molecule has 0 aliphatic carbocycles. The van der Waals surface area contributed by atoms with E-state index in [1.165, 1.54) is 24.3 Å². The van der Waals surface area contributed by atoms with E-state index in [1.807, 2.05) is 0 Å². The van der Waals surface area contributed by atoms with Crippen LogP contribution in [0.25, 0.3) is 0 Å². The van der Waals surface area contributed by atoms with Gasteiger partial charge in [0.2, 0.25) is 0 Å². The summed E-state index contributed by atoms with van der Waals surface area (Å²) in [6.07, 6.45) is 1.25. The van der Waals surface area contributed by atoms with Crippen molar-refractivity contribution in [3.63, 3.8) is 0 Å². The Kier molecular flexibility index (Phi) is 3.57. The van der Waals surface area contributed by atoms with Crippen molar-refractivity contribution in [3.8, 4) is 0 Å². The van der Waals surface area contributed by atoms with Crippen LogP contribution in [-0.2, 0) is 4.79 Å². The molecule has 1 atom stereocenters. The summed E-state index contributed by atoms with van der Waals surface area (Å²) < 4.78 is 0. The number of carbonyl (C=O) groups excluding carboxylic acids is 1. The summed E-state index contributed by atoms with van der Waals surface area (Å²) in [5, 5.41) is 24.2. The van der Waals surface area contributed by atoms with Gasteiger partial charge >= 0.3 is 12.0 Å². The summed E-state index contributed by atoms with van der Waals surface area (Å²) in [4.78, 5) is 32.4. The lowest BCUT2D eigenvalue weighted by Crippen LogP contribution is -2.43. The van der Waals surface area contributed by atoms with Gasteiger partial charge in [0.1, 0.15) is 10.7 Å². The summed E-state index contributed by atoms with van der Waals surface area (Å²) in [6.45, 7) is 0. The summed E-state index contributed by atoms with van der Waals surface area (Å²) in [7, 11) is 0. The number of urea groups is 1. The smallest absolute Gasteiger partial charge is 0.352 e. The summed E-state index contributed by atoms with van der Waals surface area (Å²) >= 11 is 5.69. The molecule has 1 aromatic rings. The number of halogens is 1. The zero-order valence-electron chi connectivity index (χ0n) is 9.79. The molecular formula is C11H8ClN3O5. The fourth-order valence-corrected chi connectivity index (χ4v) is 1.90. The Morgan fingerprint density at radius 2 is 2.15 bits per heavy atom. The summed E-state index contributed by atoms with van der Waals surface area (Å²) in [5.74, 6) is -1.30. The molecule has 0 bridgehead atoms. The Morgan fingerprint density at radius 1 is 1.45 bits per heavy atom. The maximum atomic E-state index is 11.4. The first-order chi connectivity index (χ1) is 9.38. The van der Waals surface area contributed by atoms with Crippen LogP contribution in [-0.4, -0.2) is 22.0 Å². The van der Waals surface area contributed by atoms with Crippen molar-refractivity contribution in [2.24, 2.45) is 0 Å². The molecule has 1 aromatic carbocycles. The number of carboxylic acid groups (broad SMARTS) is 1. The maximum absolute atomic E-state index is 11.4. The Hall–Kier alpha value is -2.61. The molecule has 20 heavy (non-hydrogen) atoms. The van der Waals surface area contributed by atoms with Gasteiger partial charge in [0.15, 0.2) is 0 Å². The minimum absolute atomic E-state index is 0.0403. The monoisotopic (exact) mass is 297 g/mol. The lowest BCUT2D eigenvalue weighted by atomic mass is 10.0. The number of aliphatic carboxylic acids is 1. The molecule has 1 unspecified atom stereocenters. The molecule has 3 N–H and O–H groups in total. The number of amides is 2. The van der Waals surface area contributed by atoms with Crippen molar-refractivity contribution >= 4 is 29.3 Å². The van der Waals surface area contributed by atoms with E-state index in [0.717, 1.165) is 0 Å². The number of nitro benzene ring substituents is 1. The first-order valence-electron chi connectivity index (χ1n) is 5.35. The van der Waals surface area contributed by atoms with E-state index in [2.05, 4.69) is 10.6 Å². The summed E-state index contributed by atoms with van der Waals surface area (Å²) in [5.41, 5.74) is -0.256. The van der Waals surface area contributed by atoms with Crippen molar-refractivity contribution in [3.05, 3.63) is 50.7 Å². The molecular weight excluding hydrogens is 290 g/mol. The number of nitro groups is 1. The largest absolute Gasteiger partial charge is 0.477 e. The van der Waals surface area contributed by atoms with Crippen LogP contribution in [0.15, 0.2) is 30.0 Å². The third-order valence-electron chi connectivity index (χ3n) is 2.62. The molecule has 1 heterocycles. The SMILES string of the molecule is O=C1NC(C(=O)O)=CC(c2ccc(Cl)c([N+](=O)[O-])c2)N1. The first kappa shape index (κ1) is 13.8. The number of hydrogen-bond acceptors (Lipinski definition) is 4. The van der Waals surface area contributed by atoms with E-state index >= 15 is 0 Å². The Bertz CT molecular complexity index is 643. The lowest BCUT2D eigenvalue weighted by Gasteiger charge is -2.22. The average molecular weight is 298 g/mol. The van der Waals surface area contributed by atoms with Gasteiger partial charge in [-0.3, -0.25) is 10.1 Å². The van der Waals surface area contributed by atoms with E-state index in [0.29, 0.717) is 5.56 Å². The van der Waals surface area contributed by atoms with Gasteiger partial charge in [-0.15, -0.1) is 0 Å². The van der Waals surface area contributed by atoms with Gasteiger partial charge in [-0.2, -0.15) is 0 Å². The molecule has 104 valence electrons. The standard InChI is InChI=1S/C11H8ClN3O5/c12-6-2-1-5(3-9(6)15(19)20)7-4-8(10(16)17)14-11(18)13-7/h1-4,7H,(H,16,17)(H2,13,14,18). The van der Waals surface area contributed by atoms with E-state index < -0.39 is 23.0 Å². The summed E-state index contributed by atoms with van der Waals surface area (Å²) in [6, 6.07) is 2.49. The number of carboxylic acids is 1. The second-order valence-electron chi connectivity index (χ2n) is 3.93. The van der Waals surface area contributed by atoms with E-state index in [9.17, 15) is 19.7 Å². The quantitative estimate of drug-likeness (QED) is 0.577. The average Bonchev–Trinajstić information content (AvgIpc) is 2.38. The zero-order valence-corrected chi connectivity index (χ0v) is 10.5. The molecule has 1 aliphatic rings. The zero-order chi connectivity index (χ0) is 14.9. The van der Waals surface area contributed by atoms with Gasteiger partial charge in [0, 0.05) is 6.07 Å². The van der Waals surface area contributed by atoms with Crippen molar-refractivity contribution in [2.45, 2.75) is 6.04 Å². The Morgan fingerprint density at radius 3 is 2.75 bits per heavy atom. The van der Waals surface area contributed by atoms with Crippen LogP contribution in [0.1, 0.15) is 11.6 Å². The second kappa shape index (κ2) is 5.17. The molecule has 0 fully saturated rings. The molecule has 0 aromatic heterocycles. The minimum Gasteiger partial charge on any atom is -0.477 e. The van der Waals surface area contributed by atoms with Gasteiger partial charge in [0.25, 0.3) is 5.69 Å². The fourth-order valence-electron chi connectivity index (χ4n) is 1.72. The van der Waals surface area contributed by atoms with Crippen molar-refractivity contribution in [1.29, 1.82) is 0 Å². The van der Waals surface area contributed by atoms with E-state index in [4.69, 9.17) is 16.7 Å². The van der Waals surface area contributed by atoms with Crippen LogP contribution in [0.4, 0.5) is 10.5 Å². The number of nitrogens with zero attached hydrogens (tertiary/aromatic N) is 1. The number of hydrogen-bond donors (Lipinski definition) is 3. The number of benzene rings is 1. The Labute approximate surface area is 117 Å². The van der Waals surface area contributed by atoms with Gasteiger partial charge in [0.05, 0.1) is 11.0 Å². The second-order valence-corrected chi connectivity index (χ2v) is 4.34. The topological polar surface area (TPSA) is 122 Å². The first-order valence-corrected chi connectivity index (χ1v) is 5.72. The van der Waals surface area contributed by atoms with Crippen LogP contribution in [0.5, 0.6) is 0 Å². The third kappa shape index (κ3) is 2.69. The lowest BCUT2D eigenvalue weighted by molar-refractivity contribution is -0.384. The normalized spacial score (nSPS) is 17.8. The number of nitrogens with one attached hydrogen (secondary N) is 2. The Balaban J connectivity index is 2.43. The van der Waals surface area contributed by atoms with Crippen LogP contribution < -0.4 is 10.6 Å². The number of carbonyl (C=O) groups is 2. The van der Waals surface area contributed by atoms with E-state index in [1.54, 1.807) is 0 Å². The predicted octanol–water partition coefficient (Wildman–Crippen LogP) is 1.57. The molecule has 0 saturated carbocycles. The molecule has 1 aliphatic heterocycles. The van der Waals surface area contributed by atoms with Crippen LogP contribution in [0.3, 0.4) is 0 Å². The third-order valence-corrected chi connectivity index (χ3v) is 2.94. The molecule has 0 spiro atoms. The minimum atomic E-state index is -1.30. The molecule has 8 nitrogen and oxygen atoms in total. The predicted molar refractivity (Wildman–Crippen MR) is 68.2 cm³/mol. The molecule has 0 saturated heterocycles. The van der Waals surface area contributed by atoms with Crippen molar-refractivity contribution in [2.75, 3.05) is 0 Å². The highest BCUT2D eigenvalue weighted by atomic mass is 35.5. The highest BCUT2D eigenvalue weighted by Gasteiger charge is 2.25. The molecule has 2 rings (SSSR count). The van der Waals surface area contributed by atoms with Crippen LogP contribution in [0.2, 0.25) is 5.02 Å². The number of rotatable bonds is 3. The molecule has 0 radical (unpaired) electrons. The van der Waals surface area contributed by atoms with Crippen LogP contribution in [0, 0.1) is 10.1 Å². The highest BCUT2D eigenvalue weighted by Crippen LogP contribution is 2.29. The van der Waals surface area contributed by atoms with E-state index in [-0.39, 0.29) is 16.4 Å². The molecule has 2 amide bonds. The van der Waals surface area contributed by atoms with Crippen molar-refractivity contribution < 1.29 is 19.6 Å². The highest BCUT2D eigenvalue weighted by molar-refractivity contribution is 6.32. The van der Waals surface area contributed by atoms with Gasteiger partial charge in [-0.1, -0.05) is 17.7 Å². The van der Waals surface area contributed by atoms with Crippen molar-refractivity contribution in [1.82, 2.24) is 10.6 Å². The fraction of sp³-hybridized carbons (Fsp3) is 0.0909. The van der Waals surface area contributed by atoms with Crippen LogP contribution >= 0.6 is 11.6 Å². The maximum Gasteiger partial charge on any atom is 0.352 e. The van der Waals surface area contributed by atoms with Gasteiger partial charge in [-0.25, -0.2) is 9.59 Å². The van der Waals surface area contributed by atoms with Gasteiger partial charge in [-0.05, 0) is 17.7 Å².